The molecule has 0 amide bonds. The maximum Gasteiger partial charge on any atom is 0.164 e. The summed E-state index contributed by atoms with van der Waals surface area (Å²) < 4.78 is 2.26. The summed E-state index contributed by atoms with van der Waals surface area (Å²) in [5, 5.41) is 0. The van der Waals surface area contributed by atoms with Gasteiger partial charge in [-0.15, -0.1) is 0 Å². The van der Waals surface area contributed by atoms with Crippen LogP contribution >= 0.6 is 0 Å². The lowest BCUT2D eigenvalue weighted by molar-refractivity contribution is 0.0972. The molecule has 0 unspecified atom stereocenters. The van der Waals surface area contributed by atoms with Gasteiger partial charge in [0, 0.05) is 29.1 Å². The first-order valence-corrected chi connectivity index (χ1v) is 8.04. The number of nitrogens with zero attached hydrogens (tertiary/aromatic N) is 1. The molecule has 0 aliphatic heterocycles. The third-order valence-electron chi connectivity index (χ3n) is 4.42. The Morgan fingerprint density at radius 2 is 1.90 bits per heavy atom. The summed E-state index contributed by atoms with van der Waals surface area (Å²) in [6, 6.07) is 10.9. The number of carbonyl (C=O) groups excluding carboxylic acids is 1. The van der Waals surface area contributed by atoms with Crippen molar-refractivity contribution in [1.29, 1.82) is 0 Å². The summed E-state index contributed by atoms with van der Waals surface area (Å²) in [6.07, 6.45) is 6.31. The number of aryl methyl sites for hydroxylation is 2. The molecule has 0 radical (unpaired) electrons. The van der Waals surface area contributed by atoms with E-state index in [2.05, 4.69) is 48.7 Å². The molecular weight excluding hydrogens is 258 g/mol. The van der Waals surface area contributed by atoms with Crippen LogP contribution in [0.3, 0.4) is 0 Å². The fraction of sp³-hybridized carbons (Fsp3) is 0.421. The average Bonchev–Trinajstić information content (AvgIpc) is 2.83. The van der Waals surface area contributed by atoms with Crippen LogP contribution in [0.1, 0.15) is 59.9 Å². The van der Waals surface area contributed by atoms with E-state index in [-0.39, 0.29) is 0 Å². The fourth-order valence-corrected chi connectivity index (χ4v) is 3.28. The SMILES string of the molecule is CCCCc1ccc(-n2c(C)cc3c2CCCC3=O)cc1. The summed E-state index contributed by atoms with van der Waals surface area (Å²) in [7, 11) is 0. The van der Waals surface area contributed by atoms with Crippen molar-refractivity contribution in [3.8, 4) is 5.69 Å². The van der Waals surface area contributed by atoms with E-state index in [0.717, 1.165) is 30.5 Å². The largest absolute Gasteiger partial charge is 0.317 e. The molecule has 0 spiro atoms. The van der Waals surface area contributed by atoms with Gasteiger partial charge in [-0.1, -0.05) is 25.5 Å². The lowest BCUT2D eigenvalue weighted by Gasteiger charge is -2.16. The zero-order chi connectivity index (χ0) is 14.8. The van der Waals surface area contributed by atoms with Gasteiger partial charge in [-0.05, 0) is 56.4 Å². The minimum atomic E-state index is 0.303. The van der Waals surface area contributed by atoms with E-state index < -0.39 is 0 Å². The van der Waals surface area contributed by atoms with Crippen molar-refractivity contribution >= 4 is 5.78 Å². The highest BCUT2D eigenvalue weighted by Gasteiger charge is 2.23. The Morgan fingerprint density at radius 1 is 1.14 bits per heavy atom. The van der Waals surface area contributed by atoms with Gasteiger partial charge in [0.25, 0.3) is 0 Å². The minimum absolute atomic E-state index is 0.303. The molecule has 21 heavy (non-hydrogen) atoms. The first-order chi connectivity index (χ1) is 10.2. The van der Waals surface area contributed by atoms with Crippen molar-refractivity contribution in [2.45, 2.75) is 52.4 Å². The number of benzene rings is 1. The van der Waals surface area contributed by atoms with Crippen molar-refractivity contribution in [2.75, 3.05) is 0 Å². The quantitative estimate of drug-likeness (QED) is 0.799. The highest BCUT2D eigenvalue weighted by atomic mass is 16.1. The van der Waals surface area contributed by atoms with Crippen LogP contribution < -0.4 is 0 Å². The molecule has 1 aromatic heterocycles. The Balaban J connectivity index is 1.95. The second-order valence-electron chi connectivity index (χ2n) is 6.03. The van der Waals surface area contributed by atoms with Crippen molar-refractivity contribution in [3.05, 3.63) is 52.8 Å². The molecular formula is C19H23NO. The smallest absolute Gasteiger partial charge is 0.164 e. The van der Waals surface area contributed by atoms with Crippen LogP contribution in [0.15, 0.2) is 30.3 Å². The number of hydrogen-bond donors (Lipinski definition) is 0. The number of aromatic nitrogens is 1. The van der Waals surface area contributed by atoms with Crippen LogP contribution in [0.5, 0.6) is 0 Å². The lowest BCUT2D eigenvalue weighted by atomic mass is 9.96. The van der Waals surface area contributed by atoms with Crippen LogP contribution in [0.2, 0.25) is 0 Å². The van der Waals surface area contributed by atoms with Gasteiger partial charge in [0.1, 0.15) is 0 Å². The van der Waals surface area contributed by atoms with E-state index in [1.54, 1.807) is 0 Å². The number of Topliss-reactive ketones (excluding diaryl/α,β-unsaturated/α-hetero) is 1. The van der Waals surface area contributed by atoms with Gasteiger partial charge in [0.15, 0.2) is 5.78 Å². The maximum absolute atomic E-state index is 12.0. The Hall–Kier alpha value is -1.83. The molecule has 0 saturated carbocycles. The topological polar surface area (TPSA) is 22.0 Å². The molecule has 0 saturated heterocycles. The Morgan fingerprint density at radius 3 is 2.62 bits per heavy atom. The van der Waals surface area contributed by atoms with Gasteiger partial charge < -0.3 is 4.57 Å². The zero-order valence-electron chi connectivity index (χ0n) is 13.0. The number of unbranched alkanes of at least 4 members (excludes halogenated alkanes) is 1. The molecule has 2 aromatic rings. The van der Waals surface area contributed by atoms with Crippen molar-refractivity contribution in [2.24, 2.45) is 0 Å². The van der Waals surface area contributed by atoms with E-state index >= 15 is 0 Å². The van der Waals surface area contributed by atoms with Crippen molar-refractivity contribution in [1.82, 2.24) is 4.57 Å². The Labute approximate surface area is 126 Å². The molecule has 1 aliphatic rings. The van der Waals surface area contributed by atoms with Crippen molar-refractivity contribution in [3.63, 3.8) is 0 Å². The van der Waals surface area contributed by atoms with Gasteiger partial charge >= 0.3 is 0 Å². The molecule has 3 rings (SSSR count). The molecule has 0 N–H and O–H groups in total. The van der Waals surface area contributed by atoms with E-state index in [4.69, 9.17) is 0 Å². The predicted molar refractivity (Wildman–Crippen MR) is 86.4 cm³/mol. The first kappa shape index (κ1) is 14.1. The summed E-state index contributed by atoms with van der Waals surface area (Å²) in [4.78, 5) is 12.0. The highest BCUT2D eigenvalue weighted by molar-refractivity contribution is 5.98. The maximum atomic E-state index is 12.0. The standard InChI is InChI=1S/C19H23NO/c1-3-4-6-15-9-11-16(12-10-15)20-14(2)13-17-18(20)7-5-8-19(17)21/h9-13H,3-8H2,1-2H3. The number of fused-ring (bicyclic) bond motifs is 1. The summed E-state index contributed by atoms with van der Waals surface area (Å²) in [5.41, 5.74) is 5.88. The van der Waals surface area contributed by atoms with E-state index in [1.807, 2.05) is 0 Å². The molecule has 1 heterocycles. The normalized spacial score (nSPS) is 14.3. The third kappa shape index (κ3) is 2.67. The molecule has 2 nitrogen and oxygen atoms in total. The highest BCUT2D eigenvalue weighted by Crippen LogP contribution is 2.28. The van der Waals surface area contributed by atoms with E-state index in [0.29, 0.717) is 12.2 Å². The van der Waals surface area contributed by atoms with E-state index in [1.165, 1.54) is 29.8 Å². The first-order valence-electron chi connectivity index (χ1n) is 8.04. The third-order valence-corrected chi connectivity index (χ3v) is 4.42. The van der Waals surface area contributed by atoms with Gasteiger partial charge in [-0.3, -0.25) is 4.79 Å². The van der Waals surface area contributed by atoms with Gasteiger partial charge in [0.05, 0.1) is 0 Å². The predicted octanol–water partition coefficient (Wildman–Crippen LogP) is 4.65. The van der Waals surface area contributed by atoms with Crippen molar-refractivity contribution < 1.29 is 4.79 Å². The summed E-state index contributed by atoms with van der Waals surface area (Å²) >= 11 is 0. The number of rotatable bonds is 4. The molecule has 2 heteroatoms. The number of carbonyl (C=O) groups is 1. The van der Waals surface area contributed by atoms with Gasteiger partial charge in [-0.2, -0.15) is 0 Å². The van der Waals surface area contributed by atoms with Crippen LogP contribution in [0, 0.1) is 6.92 Å². The summed E-state index contributed by atoms with van der Waals surface area (Å²) in [6.45, 7) is 4.32. The minimum Gasteiger partial charge on any atom is -0.317 e. The van der Waals surface area contributed by atoms with Crippen LogP contribution in [0.4, 0.5) is 0 Å². The monoisotopic (exact) mass is 281 g/mol. The zero-order valence-corrected chi connectivity index (χ0v) is 13.0. The molecule has 1 aromatic carbocycles. The van der Waals surface area contributed by atoms with E-state index in [9.17, 15) is 4.79 Å². The lowest BCUT2D eigenvalue weighted by Crippen LogP contribution is -2.12. The molecule has 0 atom stereocenters. The Kier molecular flexibility index (Phi) is 3.96. The van der Waals surface area contributed by atoms with Gasteiger partial charge in [-0.25, -0.2) is 0 Å². The fourth-order valence-electron chi connectivity index (χ4n) is 3.28. The second kappa shape index (κ2) is 5.88. The van der Waals surface area contributed by atoms with Crippen LogP contribution in [-0.4, -0.2) is 10.4 Å². The van der Waals surface area contributed by atoms with Gasteiger partial charge in [0.2, 0.25) is 0 Å². The molecule has 110 valence electrons. The number of hydrogen-bond acceptors (Lipinski definition) is 1. The summed E-state index contributed by atoms with van der Waals surface area (Å²) in [5.74, 6) is 0.303. The molecule has 1 aliphatic carbocycles. The van der Waals surface area contributed by atoms with Crippen LogP contribution in [-0.2, 0) is 12.8 Å². The second-order valence-corrected chi connectivity index (χ2v) is 6.03. The Bertz CT molecular complexity index is 649. The van der Waals surface area contributed by atoms with Crippen LogP contribution in [0.25, 0.3) is 5.69 Å². The molecule has 0 bridgehead atoms. The average molecular weight is 281 g/mol. The number of ketones is 1. The molecule has 0 fully saturated rings.